The first-order chi connectivity index (χ1) is 15.7. The lowest BCUT2D eigenvalue weighted by molar-refractivity contribution is -0.144. The van der Waals surface area contributed by atoms with Gasteiger partial charge in [0.2, 0.25) is 5.82 Å². The normalized spacial score (nSPS) is 11.2. The number of carbonyl (C=O) groups excluding carboxylic acids is 1. The van der Waals surface area contributed by atoms with Crippen LogP contribution in [-0.2, 0) is 22.6 Å². The van der Waals surface area contributed by atoms with Crippen molar-refractivity contribution in [2.75, 3.05) is 6.61 Å². The van der Waals surface area contributed by atoms with E-state index in [1.54, 1.807) is 6.26 Å². The first-order valence-electron chi connectivity index (χ1n) is 10.3. The third kappa shape index (κ3) is 3.80. The average molecular weight is 428 g/mol. The molecule has 0 saturated heterocycles. The van der Waals surface area contributed by atoms with Crippen LogP contribution in [0.2, 0.25) is 0 Å². The van der Waals surface area contributed by atoms with Gasteiger partial charge < -0.3 is 18.4 Å². The van der Waals surface area contributed by atoms with Gasteiger partial charge in [0.05, 0.1) is 24.9 Å². The quantitative estimate of drug-likeness (QED) is 0.324. The number of hydrogen-bond donors (Lipinski definition) is 0. The van der Waals surface area contributed by atoms with Gasteiger partial charge in [-0.1, -0.05) is 47.6 Å². The van der Waals surface area contributed by atoms with Crippen molar-refractivity contribution in [3.63, 3.8) is 0 Å². The molecule has 160 valence electrons. The Morgan fingerprint density at radius 2 is 1.88 bits per heavy atom. The Balaban J connectivity index is 1.29. The van der Waals surface area contributed by atoms with Gasteiger partial charge in [0.15, 0.2) is 6.61 Å². The topological polar surface area (TPSA) is 87.6 Å². The maximum absolute atomic E-state index is 12.5. The van der Waals surface area contributed by atoms with Gasteiger partial charge in [-0.15, -0.1) is 0 Å². The summed E-state index contributed by atoms with van der Waals surface area (Å²) >= 11 is 0. The SMILES string of the molecule is CCOc1ccccc1-c1noc(COC(=O)Cc2coc3ccc4ccccc4c23)n1. The van der Waals surface area contributed by atoms with E-state index in [-0.39, 0.29) is 18.9 Å². The highest BCUT2D eigenvalue weighted by Gasteiger charge is 2.17. The van der Waals surface area contributed by atoms with Crippen molar-refractivity contribution in [1.82, 2.24) is 10.1 Å². The Kier molecular flexibility index (Phi) is 5.29. The predicted molar refractivity (Wildman–Crippen MR) is 118 cm³/mol. The van der Waals surface area contributed by atoms with Crippen LogP contribution in [0.5, 0.6) is 5.75 Å². The highest BCUT2D eigenvalue weighted by atomic mass is 16.6. The number of fused-ring (bicyclic) bond motifs is 3. The van der Waals surface area contributed by atoms with E-state index < -0.39 is 5.97 Å². The van der Waals surface area contributed by atoms with Crippen LogP contribution in [0, 0.1) is 0 Å². The molecule has 0 atom stereocenters. The van der Waals surface area contributed by atoms with Gasteiger partial charge in [-0.05, 0) is 35.9 Å². The Labute approximate surface area is 183 Å². The maximum atomic E-state index is 12.5. The summed E-state index contributed by atoms with van der Waals surface area (Å²) in [5.74, 6) is 0.850. The van der Waals surface area contributed by atoms with Gasteiger partial charge in [0.1, 0.15) is 11.3 Å². The van der Waals surface area contributed by atoms with E-state index in [0.717, 1.165) is 27.3 Å². The van der Waals surface area contributed by atoms with Crippen LogP contribution in [0.1, 0.15) is 18.4 Å². The number of carbonyl (C=O) groups is 1. The third-order valence-electron chi connectivity index (χ3n) is 5.13. The number of para-hydroxylation sites is 1. The zero-order valence-electron chi connectivity index (χ0n) is 17.4. The standard InChI is InChI=1S/C25H20N2O5/c1-2-29-20-10-6-5-9-19(20)25-26-22(32-27-25)15-31-23(28)13-17-14-30-21-12-11-16-7-3-4-8-18(16)24(17)21/h3-12,14H,2,13,15H2,1H3. The molecule has 32 heavy (non-hydrogen) atoms. The van der Waals surface area contributed by atoms with Crippen LogP contribution in [0.25, 0.3) is 33.1 Å². The van der Waals surface area contributed by atoms with Crippen molar-refractivity contribution in [2.24, 2.45) is 0 Å². The number of furan rings is 1. The van der Waals surface area contributed by atoms with E-state index in [4.69, 9.17) is 18.4 Å². The molecule has 5 rings (SSSR count). The van der Waals surface area contributed by atoms with Crippen LogP contribution in [0.15, 0.2) is 75.9 Å². The molecular formula is C25H20N2O5. The van der Waals surface area contributed by atoms with E-state index in [1.807, 2.05) is 67.6 Å². The fraction of sp³-hybridized carbons (Fsp3) is 0.160. The van der Waals surface area contributed by atoms with Crippen LogP contribution < -0.4 is 4.74 Å². The minimum Gasteiger partial charge on any atom is -0.493 e. The Hall–Kier alpha value is -4.13. The zero-order valence-corrected chi connectivity index (χ0v) is 17.4. The van der Waals surface area contributed by atoms with Crippen LogP contribution >= 0.6 is 0 Å². The van der Waals surface area contributed by atoms with Crippen molar-refractivity contribution in [2.45, 2.75) is 20.0 Å². The van der Waals surface area contributed by atoms with Gasteiger partial charge in [-0.25, -0.2) is 0 Å². The maximum Gasteiger partial charge on any atom is 0.310 e. The monoisotopic (exact) mass is 428 g/mol. The lowest BCUT2D eigenvalue weighted by Crippen LogP contribution is -2.08. The molecule has 0 aliphatic carbocycles. The van der Waals surface area contributed by atoms with Crippen molar-refractivity contribution in [3.8, 4) is 17.1 Å². The number of esters is 1. The summed E-state index contributed by atoms with van der Waals surface area (Å²) in [5, 5.41) is 7.03. The molecule has 3 aromatic carbocycles. The van der Waals surface area contributed by atoms with Gasteiger partial charge in [0.25, 0.3) is 5.89 Å². The molecule has 2 heterocycles. The minimum absolute atomic E-state index is 0.0785. The molecule has 0 saturated carbocycles. The van der Waals surface area contributed by atoms with Gasteiger partial charge >= 0.3 is 5.97 Å². The molecular weight excluding hydrogens is 408 g/mol. The molecule has 7 heteroatoms. The Morgan fingerprint density at radius 3 is 2.78 bits per heavy atom. The first kappa shape index (κ1) is 19.8. The summed E-state index contributed by atoms with van der Waals surface area (Å²) in [4.78, 5) is 16.8. The molecule has 0 spiro atoms. The Morgan fingerprint density at radius 1 is 1.03 bits per heavy atom. The zero-order chi connectivity index (χ0) is 21.9. The number of ether oxygens (including phenoxy) is 2. The fourth-order valence-corrected chi connectivity index (χ4v) is 3.71. The lowest BCUT2D eigenvalue weighted by atomic mass is 10.0. The summed E-state index contributed by atoms with van der Waals surface area (Å²) in [6.45, 7) is 2.32. The highest BCUT2D eigenvalue weighted by molar-refractivity contribution is 6.08. The fourth-order valence-electron chi connectivity index (χ4n) is 3.71. The van der Waals surface area contributed by atoms with Crippen molar-refractivity contribution in [1.29, 1.82) is 0 Å². The number of hydrogen-bond acceptors (Lipinski definition) is 7. The molecule has 7 nitrogen and oxygen atoms in total. The van der Waals surface area contributed by atoms with Gasteiger partial charge in [-0.2, -0.15) is 4.98 Å². The summed E-state index contributed by atoms with van der Waals surface area (Å²) in [6.07, 6.45) is 1.68. The first-order valence-corrected chi connectivity index (χ1v) is 10.3. The molecule has 0 unspecified atom stereocenters. The van der Waals surface area contributed by atoms with Crippen LogP contribution in [0.3, 0.4) is 0 Å². The second-order valence-corrected chi connectivity index (χ2v) is 7.20. The smallest absolute Gasteiger partial charge is 0.310 e. The van der Waals surface area contributed by atoms with Crippen molar-refractivity contribution >= 4 is 27.7 Å². The van der Waals surface area contributed by atoms with E-state index >= 15 is 0 Å². The Bertz CT molecular complexity index is 1400. The number of rotatable bonds is 7. The van der Waals surface area contributed by atoms with Gasteiger partial charge in [-0.3, -0.25) is 4.79 Å². The van der Waals surface area contributed by atoms with Crippen molar-refractivity contribution < 1.29 is 23.2 Å². The largest absolute Gasteiger partial charge is 0.493 e. The second kappa shape index (κ2) is 8.55. The molecule has 0 aliphatic heterocycles. The molecule has 5 aromatic rings. The molecule has 0 radical (unpaired) electrons. The molecule has 0 aliphatic rings. The summed E-state index contributed by atoms with van der Waals surface area (Å²) in [7, 11) is 0. The van der Waals surface area contributed by atoms with Crippen LogP contribution in [-0.4, -0.2) is 22.7 Å². The minimum atomic E-state index is -0.407. The molecule has 0 bridgehead atoms. The summed E-state index contributed by atoms with van der Waals surface area (Å²) in [6, 6.07) is 19.3. The van der Waals surface area contributed by atoms with E-state index in [0.29, 0.717) is 23.7 Å². The number of nitrogens with zero attached hydrogens (tertiary/aromatic N) is 2. The van der Waals surface area contributed by atoms with Crippen LogP contribution in [0.4, 0.5) is 0 Å². The van der Waals surface area contributed by atoms with E-state index in [9.17, 15) is 4.79 Å². The third-order valence-corrected chi connectivity index (χ3v) is 5.13. The predicted octanol–water partition coefficient (Wildman–Crippen LogP) is 5.32. The van der Waals surface area contributed by atoms with E-state index in [1.165, 1.54) is 0 Å². The van der Waals surface area contributed by atoms with E-state index in [2.05, 4.69) is 10.1 Å². The lowest BCUT2D eigenvalue weighted by Gasteiger charge is -2.06. The summed E-state index contributed by atoms with van der Waals surface area (Å²) in [5.41, 5.74) is 2.23. The summed E-state index contributed by atoms with van der Waals surface area (Å²) < 4.78 is 21.9. The second-order valence-electron chi connectivity index (χ2n) is 7.20. The molecule has 2 aromatic heterocycles. The van der Waals surface area contributed by atoms with Gasteiger partial charge in [0, 0.05) is 10.9 Å². The van der Waals surface area contributed by atoms with Crippen molar-refractivity contribution in [3.05, 3.63) is 78.4 Å². The molecule has 0 amide bonds. The average Bonchev–Trinajstić information content (AvgIpc) is 3.46. The highest BCUT2D eigenvalue weighted by Crippen LogP contribution is 2.30. The molecule has 0 fully saturated rings. The number of benzene rings is 3. The molecule has 0 N–H and O–H groups in total. The number of aromatic nitrogens is 2.